The molecule has 0 saturated carbocycles. The zero-order chi connectivity index (χ0) is 13.4. The number of benzene rings is 2. The van der Waals surface area contributed by atoms with Crippen LogP contribution in [0.3, 0.4) is 0 Å². The number of aryl methyl sites for hydroxylation is 1. The van der Waals surface area contributed by atoms with E-state index in [1.54, 1.807) is 12.1 Å². The fourth-order valence-electron chi connectivity index (χ4n) is 2.21. The number of para-hydroxylation sites is 1. The molecule has 0 aliphatic carbocycles. The van der Waals surface area contributed by atoms with E-state index < -0.39 is 6.10 Å². The summed E-state index contributed by atoms with van der Waals surface area (Å²) >= 11 is 6.10. The van der Waals surface area contributed by atoms with Gasteiger partial charge in [-0.1, -0.05) is 48.0 Å². The van der Waals surface area contributed by atoms with E-state index in [1.165, 1.54) is 0 Å². The average Bonchev–Trinajstić information content (AvgIpc) is 2.84. The largest absolute Gasteiger partial charge is 0.458 e. The first-order chi connectivity index (χ1) is 9.16. The Hall–Kier alpha value is -1.77. The summed E-state index contributed by atoms with van der Waals surface area (Å²) in [5.74, 6) is 0.511. The van der Waals surface area contributed by atoms with Crippen LogP contribution < -0.4 is 0 Å². The maximum absolute atomic E-state index is 10.4. The standard InChI is InChI=1S/C16H13ClO2/c1-10-5-4-6-11-9-14(19-16(10)11)15(18)12-7-2-3-8-13(12)17/h2-9,15,18H,1H3. The Kier molecular flexibility index (Phi) is 3.05. The van der Waals surface area contributed by atoms with Gasteiger partial charge in [-0.25, -0.2) is 0 Å². The highest BCUT2D eigenvalue weighted by Gasteiger charge is 2.18. The number of hydrogen-bond donors (Lipinski definition) is 1. The van der Waals surface area contributed by atoms with Crippen LogP contribution in [-0.2, 0) is 0 Å². The van der Waals surface area contributed by atoms with Crippen molar-refractivity contribution >= 4 is 22.6 Å². The zero-order valence-electron chi connectivity index (χ0n) is 10.4. The number of furan rings is 1. The average molecular weight is 273 g/mol. The lowest BCUT2D eigenvalue weighted by Crippen LogP contribution is -1.98. The second-order valence-electron chi connectivity index (χ2n) is 4.57. The minimum absolute atomic E-state index is 0.511. The maximum atomic E-state index is 10.4. The Morgan fingerprint density at radius 2 is 1.89 bits per heavy atom. The summed E-state index contributed by atoms with van der Waals surface area (Å²) in [7, 11) is 0. The topological polar surface area (TPSA) is 33.4 Å². The number of hydrogen-bond acceptors (Lipinski definition) is 2. The molecule has 1 atom stereocenters. The van der Waals surface area contributed by atoms with Gasteiger partial charge in [0.1, 0.15) is 17.4 Å². The van der Waals surface area contributed by atoms with Gasteiger partial charge in [0.05, 0.1) is 0 Å². The van der Waals surface area contributed by atoms with Crippen molar-refractivity contribution in [2.24, 2.45) is 0 Å². The van der Waals surface area contributed by atoms with E-state index in [0.717, 1.165) is 16.5 Å². The first-order valence-electron chi connectivity index (χ1n) is 6.08. The van der Waals surface area contributed by atoms with Gasteiger partial charge >= 0.3 is 0 Å². The highest BCUT2D eigenvalue weighted by atomic mass is 35.5. The Bertz CT molecular complexity index is 730. The van der Waals surface area contributed by atoms with Gasteiger partial charge in [0.25, 0.3) is 0 Å². The van der Waals surface area contributed by atoms with E-state index >= 15 is 0 Å². The summed E-state index contributed by atoms with van der Waals surface area (Å²) in [4.78, 5) is 0. The predicted octanol–water partition coefficient (Wildman–Crippen LogP) is 4.48. The molecular formula is C16H13ClO2. The summed E-state index contributed by atoms with van der Waals surface area (Å²) in [5.41, 5.74) is 2.51. The van der Waals surface area contributed by atoms with Crippen molar-refractivity contribution in [3.63, 3.8) is 0 Å². The highest BCUT2D eigenvalue weighted by molar-refractivity contribution is 6.31. The van der Waals surface area contributed by atoms with Gasteiger partial charge < -0.3 is 9.52 Å². The van der Waals surface area contributed by atoms with Crippen molar-refractivity contribution < 1.29 is 9.52 Å². The van der Waals surface area contributed by atoms with Gasteiger partial charge in [-0.15, -0.1) is 0 Å². The third kappa shape index (κ3) is 2.14. The molecule has 2 nitrogen and oxygen atoms in total. The lowest BCUT2D eigenvalue weighted by Gasteiger charge is -2.09. The number of halogens is 1. The second-order valence-corrected chi connectivity index (χ2v) is 4.97. The molecule has 3 rings (SSSR count). The summed E-state index contributed by atoms with van der Waals surface area (Å²) in [5, 5.41) is 11.9. The summed E-state index contributed by atoms with van der Waals surface area (Å²) in [6.07, 6.45) is -0.847. The van der Waals surface area contributed by atoms with E-state index in [-0.39, 0.29) is 0 Å². The molecule has 96 valence electrons. The minimum Gasteiger partial charge on any atom is -0.458 e. The van der Waals surface area contributed by atoms with Crippen LogP contribution in [0.2, 0.25) is 5.02 Å². The zero-order valence-corrected chi connectivity index (χ0v) is 11.2. The molecule has 2 aromatic carbocycles. The van der Waals surface area contributed by atoms with Gasteiger partial charge in [0, 0.05) is 16.0 Å². The quantitative estimate of drug-likeness (QED) is 0.746. The molecular weight excluding hydrogens is 260 g/mol. The van der Waals surface area contributed by atoms with Crippen LogP contribution >= 0.6 is 11.6 Å². The molecule has 0 fully saturated rings. The van der Waals surface area contributed by atoms with Crippen molar-refractivity contribution in [3.05, 3.63) is 70.4 Å². The van der Waals surface area contributed by atoms with Gasteiger partial charge in [-0.2, -0.15) is 0 Å². The third-order valence-corrected chi connectivity index (χ3v) is 3.57. The van der Waals surface area contributed by atoms with Crippen molar-refractivity contribution in [2.45, 2.75) is 13.0 Å². The molecule has 0 radical (unpaired) electrons. The van der Waals surface area contributed by atoms with Gasteiger partial charge in [-0.05, 0) is 24.6 Å². The van der Waals surface area contributed by atoms with Crippen molar-refractivity contribution in [2.75, 3.05) is 0 Å². The summed E-state index contributed by atoms with van der Waals surface area (Å²) < 4.78 is 5.76. The Morgan fingerprint density at radius 1 is 1.11 bits per heavy atom. The molecule has 0 amide bonds. The van der Waals surface area contributed by atoms with Crippen molar-refractivity contribution in [1.29, 1.82) is 0 Å². The number of aliphatic hydroxyl groups is 1. The molecule has 1 N–H and O–H groups in total. The molecule has 1 aromatic heterocycles. The molecule has 19 heavy (non-hydrogen) atoms. The fourth-order valence-corrected chi connectivity index (χ4v) is 2.45. The molecule has 1 unspecified atom stereocenters. The van der Waals surface area contributed by atoms with Crippen LogP contribution in [-0.4, -0.2) is 5.11 Å². The smallest absolute Gasteiger partial charge is 0.138 e. The van der Waals surface area contributed by atoms with Gasteiger partial charge in [0.15, 0.2) is 0 Å². The molecule has 0 spiro atoms. The molecule has 0 aliphatic rings. The van der Waals surface area contributed by atoms with Crippen molar-refractivity contribution in [1.82, 2.24) is 0 Å². The molecule has 0 aliphatic heterocycles. The van der Waals surface area contributed by atoms with Crippen LogP contribution in [0.25, 0.3) is 11.0 Å². The van der Waals surface area contributed by atoms with Crippen LogP contribution in [0.15, 0.2) is 52.9 Å². The summed E-state index contributed by atoms with van der Waals surface area (Å²) in [6.45, 7) is 1.98. The number of aliphatic hydroxyl groups excluding tert-OH is 1. The lowest BCUT2D eigenvalue weighted by molar-refractivity contribution is 0.192. The Balaban J connectivity index is 2.10. The maximum Gasteiger partial charge on any atom is 0.138 e. The van der Waals surface area contributed by atoms with Gasteiger partial charge in [-0.3, -0.25) is 0 Å². The Morgan fingerprint density at radius 3 is 2.63 bits per heavy atom. The van der Waals surface area contributed by atoms with E-state index in [1.807, 2.05) is 43.3 Å². The third-order valence-electron chi connectivity index (χ3n) is 3.23. The predicted molar refractivity (Wildman–Crippen MR) is 76.5 cm³/mol. The second kappa shape index (κ2) is 4.72. The molecule has 1 heterocycles. The molecule has 0 bridgehead atoms. The monoisotopic (exact) mass is 272 g/mol. The summed E-state index contributed by atoms with van der Waals surface area (Å²) in [6, 6.07) is 15.0. The van der Waals surface area contributed by atoms with Crippen LogP contribution in [0.5, 0.6) is 0 Å². The molecule has 3 aromatic rings. The fraction of sp³-hybridized carbons (Fsp3) is 0.125. The molecule has 3 heteroatoms. The first kappa shape index (κ1) is 12.3. The van der Waals surface area contributed by atoms with Crippen molar-refractivity contribution in [3.8, 4) is 0 Å². The lowest BCUT2D eigenvalue weighted by atomic mass is 10.1. The van der Waals surface area contributed by atoms with Crippen LogP contribution in [0, 0.1) is 6.92 Å². The van der Waals surface area contributed by atoms with Crippen LogP contribution in [0.1, 0.15) is 23.0 Å². The van der Waals surface area contributed by atoms with E-state index in [2.05, 4.69) is 0 Å². The normalized spacial score (nSPS) is 12.8. The Labute approximate surface area is 116 Å². The van der Waals surface area contributed by atoms with Crippen LogP contribution in [0.4, 0.5) is 0 Å². The van der Waals surface area contributed by atoms with Gasteiger partial charge in [0.2, 0.25) is 0 Å². The minimum atomic E-state index is -0.847. The number of rotatable bonds is 2. The SMILES string of the molecule is Cc1cccc2cc(C(O)c3ccccc3Cl)oc12. The first-order valence-corrected chi connectivity index (χ1v) is 6.46. The number of fused-ring (bicyclic) bond motifs is 1. The molecule has 0 saturated heterocycles. The van der Waals surface area contributed by atoms with E-state index in [9.17, 15) is 5.11 Å². The van der Waals surface area contributed by atoms with E-state index in [0.29, 0.717) is 16.3 Å². The highest BCUT2D eigenvalue weighted by Crippen LogP contribution is 2.32. The van der Waals surface area contributed by atoms with E-state index in [4.69, 9.17) is 16.0 Å².